The summed E-state index contributed by atoms with van der Waals surface area (Å²) in [5.41, 5.74) is -1.25. The van der Waals surface area contributed by atoms with Crippen LogP contribution in [0.15, 0.2) is 12.1 Å². The fourth-order valence-corrected chi connectivity index (χ4v) is 1.16. The van der Waals surface area contributed by atoms with Crippen molar-refractivity contribution in [3.8, 4) is 0 Å². The normalized spacial score (nSPS) is 10.4. The van der Waals surface area contributed by atoms with E-state index in [2.05, 4.69) is 0 Å². The Labute approximate surface area is 104 Å². The summed E-state index contributed by atoms with van der Waals surface area (Å²) in [6.07, 6.45) is -2.80. The van der Waals surface area contributed by atoms with Crippen molar-refractivity contribution in [3.63, 3.8) is 0 Å². The molecule has 0 saturated carbocycles. The molecule has 1 aromatic rings. The maximum atomic E-state index is 12.9. The van der Waals surface area contributed by atoms with Crippen LogP contribution in [0, 0.1) is 11.6 Å². The van der Waals surface area contributed by atoms with Crippen LogP contribution >= 0.6 is 0 Å². The molecule has 0 unspecified atom stereocenters. The molecule has 0 aliphatic rings. The Morgan fingerprint density at radius 2 is 1.79 bits per heavy atom. The highest BCUT2D eigenvalue weighted by molar-refractivity contribution is 6.00. The Morgan fingerprint density at radius 1 is 1.21 bits per heavy atom. The minimum absolute atomic E-state index is 0.375. The monoisotopic (exact) mass is 280 g/mol. The lowest BCUT2D eigenvalue weighted by Crippen LogP contribution is -2.33. The zero-order valence-corrected chi connectivity index (χ0v) is 9.21. The van der Waals surface area contributed by atoms with Crippen LogP contribution in [0.1, 0.15) is 10.4 Å². The molecule has 0 bridgehead atoms. The summed E-state index contributed by atoms with van der Waals surface area (Å²) in [5, 5.41) is 12.3. The third-order valence-electron chi connectivity index (χ3n) is 1.96. The summed E-state index contributed by atoms with van der Waals surface area (Å²) >= 11 is 0. The number of amides is 2. The van der Waals surface area contributed by atoms with E-state index in [1.54, 1.807) is 5.32 Å². The lowest BCUT2D eigenvalue weighted by Gasteiger charge is -2.10. The maximum Gasteiger partial charge on any atom is 0.337 e. The van der Waals surface area contributed by atoms with Gasteiger partial charge < -0.3 is 15.7 Å². The van der Waals surface area contributed by atoms with Gasteiger partial charge in [0.2, 0.25) is 0 Å². The van der Waals surface area contributed by atoms with Crippen LogP contribution in [-0.4, -0.2) is 30.1 Å². The van der Waals surface area contributed by atoms with Gasteiger partial charge in [0.15, 0.2) is 11.6 Å². The standard InChI is InChI=1S/C10H8F4N2O3/c11-5-1-4(9(17)18)7(2-6(5)12)16-10(19)15-3-8(13)14/h1-2,8H,3H2,(H,17,18)(H2,15,16,19). The molecule has 1 rings (SSSR count). The zero-order valence-electron chi connectivity index (χ0n) is 9.21. The second-order valence-corrected chi connectivity index (χ2v) is 3.34. The van der Waals surface area contributed by atoms with Gasteiger partial charge in [-0.15, -0.1) is 0 Å². The molecule has 3 N–H and O–H groups in total. The van der Waals surface area contributed by atoms with Gasteiger partial charge >= 0.3 is 12.0 Å². The van der Waals surface area contributed by atoms with Gasteiger partial charge in [-0.25, -0.2) is 27.2 Å². The molecule has 2 amide bonds. The number of hydrogen-bond donors (Lipinski definition) is 3. The number of carbonyl (C=O) groups is 2. The number of nitrogens with one attached hydrogen (secondary N) is 2. The molecule has 19 heavy (non-hydrogen) atoms. The fraction of sp³-hybridized carbons (Fsp3) is 0.200. The smallest absolute Gasteiger partial charge is 0.337 e. The fourth-order valence-electron chi connectivity index (χ4n) is 1.16. The SMILES string of the molecule is O=C(NCC(F)F)Nc1cc(F)c(F)cc1C(=O)O. The second kappa shape index (κ2) is 6.03. The number of halogens is 4. The molecule has 0 radical (unpaired) electrons. The molecular weight excluding hydrogens is 272 g/mol. The molecule has 0 saturated heterocycles. The summed E-state index contributed by atoms with van der Waals surface area (Å²) in [5.74, 6) is -4.40. The van der Waals surface area contributed by atoms with Crippen LogP contribution in [0.5, 0.6) is 0 Å². The summed E-state index contributed by atoms with van der Waals surface area (Å²) in [6, 6.07) is -0.338. The van der Waals surface area contributed by atoms with Gasteiger partial charge in [0.1, 0.15) is 0 Å². The Morgan fingerprint density at radius 3 is 2.32 bits per heavy atom. The predicted molar refractivity (Wildman–Crippen MR) is 56.3 cm³/mol. The van der Waals surface area contributed by atoms with Crippen molar-refractivity contribution in [3.05, 3.63) is 29.3 Å². The number of benzene rings is 1. The van der Waals surface area contributed by atoms with Gasteiger partial charge in [0.25, 0.3) is 6.43 Å². The first kappa shape index (κ1) is 14.7. The molecule has 0 fully saturated rings. The van der Waals surface area contributed by atoms with Crippen molar-refractivity contribution in [1.29, 1.82) is 0 Å². The topological polar surface area (TPSA) is 78.4 Å². The van der Waals surface area contributed by atoms with Crippen molar-refractivity contribution < 1.29 is 32.3 Å². The van der Waals surface area contributed by atoms with Crippen LogP contribution in [0.2, 0.25) is 0 Å². The first-order valence-electron chi connectivity index (χ1n) is 4.86. The number of rotatable bonds is 4. The summed E-state index contributed by atoms with van der Waals surface area (Å²) in [4.78, 5) is 21.9. The highest BCUT2D eigenvalue weighted by atomic mass is 19.3. The summed E-state index contributed by atoms with van der Waals surface area (Å²) in [7, 11) is 0. The number of carboxylic acid groups (broad SMARTS) is 1. The maximum absolute atomic E-state index is 12.9. The van der Waals surface area contributed by atoms with E-state index >= 15 is 0 Å². The van der Waals surface area contributed by atoms with Crippen LogP contribution in [0.25, 0.3) is 0 Å². The minimum atomic E-state index is -2.80. The van der Waals surface area contributed by atoms with Gasteiger partial charge in [-0.05, 0) is 6.07 Å². The average Bonchev–Trinajstić information content (AvgIpc) is 2.30. The molecule has 5 nitrogen and oxygen atoms in total. The van der Waals surface area contributed by atoms with Gasteiger partial charge in [0.05, 0.1) is 17.8 Å². The van der Waals surface area contributed by atoms with Gasteiger partial charge in [0, 0.05) is 6.07 Å². The van der Waals surface area contributed by atoms with Crippen LogP contribution in [0.3, 0.4) is 0 Å². The highest BCUT2D eigenvalue weighted by Gasteiger charge is 2.17. The van der Waals surface area contributed by atoms with E-state index in [0.717, 1.165) is 0 Å². The van der Waals surface area contributed by atoms with Crippen LogP contribution in [-0.2, 0) is 0 Å². The zero-order chi connectivity index (χ0) is 14.6. The lowest BCUT2D eigenvalue weighted by molar-refractivity contribution is 0.0697. The quantitative estimate of drug-likeness (QED) is 0.738. The highest BCUT2D eigenvalue weighted by Crippen LogP contribution is 2.20. The Hall–Kier alpha value is -2.32. The van der Waals surface area contributed by atoms with Crippen LogP contribution in [0.4, 0.5) is 28.0 Å². The number of carboxylic acids is 1. The number of aromatic carboxylic acids is 1. The molecule has 9 heteroatoms. The third-order valence-corrected chi connectivity index (χ3v) is 1.96. The largest absolute Gasteiger partial charge is 0.478 e. The molecule has 0 aliphatic heterocycles. The second-order valence-electron chi connectivity index (χ2n) is 3.34. The molecule has 0 aliphatic carbocycles. The van der Waals surface area contributed by atoms with Crippen molar-refractivity contribution in [2.75, 3.05) is 11.9 Å². The minimum Gasteiger partial charge on any atom is -0.478 e. The Bertz CT molecular complexity index is 508. The van der Waals surface area contributed by atoms with Crippen molar-refractivity contribution in [1.82, 2.24) is 5.32 Å². The molecule has 0 spiro atoms. The molecule has 0 atom stereocenters. The predicted octanol–water partition coefficient (Wildman–Crippen LogP) is 2.05. The number of anilines is 1. The molecular formula is C10H8F4N2O3. The van der Waals surface area contributed by atoms with E-state index in [4.69, 9.17) is 5.11 Å². The van der Waals surface area contributed by atoms with Crippen molar-refractivity contribution in [2.45, 2.75) is 6.43 Å². The summed E-state index contributed by atoms with van der Waals surface area (Å²) in [6.45, 7) is -0.960. The summed E-state index contributed by atoms with van der Waals surface area (Å²) < 4.78 is 49.4. The molecule has 1 aromatic carbocycles. The molecule has 0 aromatic heterocycles. The first-order valence-corrected chi connectivity index (χ1v) is 4.86. The van der Waals surface area contributed by atoms with E-state index in [0.29, 0.717) is 12.1 Å². The lowest BCUT2D eigenvalue weighted by atomic mass is 10.1. The molecule has 0 heterocycles. The van der Waals surface area contributed by atoms with E-state index in [1.807, 2.05) is 5.32 Å². The van der Waals surface area contributed by atoms with E-state index in [1.165, 1.54) is 0 Å². The van der Waals surface area contributed by atoms with Gasteiger partial charge in [-0.2, -0.15) is 0 Å². The molecule has 104 valence electrons. The van der Waals surface area contributed by atoms with Gasteiger partial charge in [-0.1, -0.05) is 0 Å². The van der Waals surface area contributed by atoms with E-state index in [9.17, 15) is 27.2 Å². The third kappa shape index (κ3) is 4.12. The number of carbonyl (C=O) groups excluding carboxylic acids is 1. The van der Waals surface area contributed by atoms with E-state index in [-0.39, 0.29) is 0 Å². The first-order chi connectivity index (χ1) is 8.81. The number of hydrogen-bond acceptors (Lipinski definition) is 2. The van der Waals surface area contributed by atoms with Crippen molar-refractivity contribution >= 4 is 17.7 Å². The Balaban J connectivity index is 2.90. The van der Waals surface area contributed by atoms with Crippen LogP contribution < -0.4 is 10.6 Å². The van der Waals surface area contributed by atoms with Gasteiger partial charge in [-0.3, -0.25) is 0 Å². The average molecular weight is 280 g/mol. The Kier molecular flexibility index (Phi) is 4.67. The number of alkyl halides is 2. The van der Waals surface area contributed by atoms with Crippen molar-refractivity contribution in [2.24, 2.45) is 0 Å². The van der Waals surface area contributed by atoms with E-state index < -0.39 is 47.9 Å². The number of urea groups is 1.